The van der Waals surface area contributed by atoms with E-state index < -0.39 is 0 Å². The summed E-state index contributed by atoms with van der Waals surface area (Å²) >= 11 is 19.1. The highest BCUT2D eigenvalue weighted by atomic mass is 35.5. The lowest BCUT2D eigenvalue weighted by Crippen LogP contribution is -2.45. The zero-order valence-corrected chi connectivity index (χ0v) is 17.7. The number of hydrazone groups is 1. The van der Waals surface area contributed by atoms with Crippen LogP contribution in [0.2, 0.25) is 10.0 Å². The number of aliphatic hydroxyl groups excluding tert-OH is 1. The monoisotopic (exact) mass is 443 g/mol. The summed E-state index contributed by atoms with van der Waals surface area (Å²) in [4.78, 5) is 2.65. The number of nitrogens with zero attached hydrogens (tertiary/aromatic N) is 3. The molecule has 0 saturated carbocycles. The second-order valence-electron chi connectivity index (χ2n) is 6.11. The summed E-state index contributed by atoms with van der Waals surface area (Å²) in [5, 5.41) is 29.6. The third-order valence-corrected chi connectivity index (χ3v) is 6.48. The van der Waals surface area contributed by atoms with E-state index in [2.05, 4.69) is 5.10 Å². The average Bonchev–Trinajstić information content (AvgIpc) is 3.03. The van der Waals surface area contributed by atoms with E-state index in [9.17, 15) is 10.2 Å². The molecule has 1 aromatic carbocycles. The highest BCUT2D eigenvalue weighted by Gasteiger charge is 2.26. The number of hydrogen-bond donors (Lipinski definition) is 2. The van der Waals surface area contributed by atoms with Crippen LogP contribution in [0.3, 0.4) is 0 Å². The maximum absolute atomic E-state index is 10.8. The lowest BCUT2D eigenvalue weighted by Gasteiger charge is -2.34. The molecular formula is C18H19Cl2N3O2S2. The molecular weight excluding hydrogens is 425 g/mol. The quantitative estimate of drug-likeness (QED) is 0.397. The molecule has 0 unspecified atom stereocenters. The maximum atomic E-state index is 10.8. The van der Waals surface area contributed by atoms with E-state index in [4.69, 9.17) is 35.4 Å². The third kappa shape index (κ3) is 4.38. The second-order valence-corrected chi connectivity index (χ2v) is 8.17. The Bertz CT molecular complexity index is 864. The number of hydrogen-bond acceptors (Lipinski definition) is 5. The molecule has 2 heterocycles. The van der Waals surface area contributed by atoms with Crippen LogP contribution in [-0.4, -0.2) is 45.6 Å². The van der Waals surface area contributed by atoms with Gasteiger partial charge in [0.15, 0.2) is 10.9 Å². The predicted octanol–water partition coefficient (Wildman–Crippen LogP) is 4.98. The number of thiophene rings is 1. The number of piperidine rings is 1. The zero-order valence-electron chi connectivity index (χ0n) is 14.6. The summed E-state index contributed by atoms with van der Waals surface area (Å²) in [5.41, 5.74) is 1.28. The number of benzene rings is 1. The van der Waals surface area contributed by atoms with E-state index in [0.29, 0.717) is 51.7 Å². The van der Waals surface area contributed by atoms with Crippen molar-refractivity contribution in [2.45, 2.75) is 25.9 Å². The molecule has 3 rings (SSSR count). The van der Waals surface area contributed by atoms with Gasteiger partial charge >= 0.3 is 0 Å². The molecule has 1 fully saturated rings. The van der Waals surface area contributed by atoms with Crippen molar-refractivity contribution in [1.82, 2.24) is 4.90 Å². The van der Waals surface area contributed by atoms with Gasteiger partial charge in [-0.15, -0.1) is 11.3 Å². The van der Waals surface area contributed by atoms with Crippen molar-refractivity contribution < 1.29 is 10.2 Å². The number of likely N-dealkylation sites (tertiary alicyclic amines) is 1. The number of rotatable bonds is 3. The van der Waals surface area contributed by atoms with Gasteiger partial charge in [0.25, 0.3) is 0 Å². The molecule has 2 aromatic rings. The molecule has 2 N–H and O–H groups in total. The molecule has 1 saturated heterocycles. The van der Waals surface area contributed by atoms with Crippen LogP contribution in [0, 0.1) is 0 Å². The summed E-state index contributed by atoms with van der Waals surface area (Å²) in [5.74, 6) is 0.0865. The summed E-state index contributed by atoms with van der Waals surface area (Å²) in [6.45, 7) is 3.10. The third-order valence-electron chi connectivity index (χ3n) is 4.30. The molecule has 0 bridgehead atoms. The van der Waals surface area contributed by atoms with Crippen LogP contribution in [0.5, 0.6) is 5.75 Å². The van der Waals surface area contributed by atoms with Crippen LogP contribution >= 0.6 is 46.8 Å². The van der Waals surface area contributed by atoms with Gasteiger partial charge in [-0.1, -0.05) is 29.3 Å². The van der Waals surface area contributed by atoms with Gasteiger partial charge in [0, 0.05) is 24.7 Å². The Balaban J connectivity index is 1.91. The molecule has 27 heavy (non-hydrogen) atoms. The van der Waals surface area contributed by atoms with E-state index in [-0.39, 0.29) is 11.9 Å². The van der Waals surface area contributed by atoms with E-state index in [1.165, 1.54) is 11.3 Å². The van der Waals surface area contributed by atoms with Crippen molar-refractivity contribution >= 4 is 63.8 Å². The van der Waals surface area contributed by atoms with E-state index >= 15 is 0 Å². The Morgan fingerprint density at radius 2 is 2.04 bits per heavy atom. The Morgan fingerprint density at radius 1 is 1.33 bits per heavy atom. The van der Waals surface area contributed by atoms with Gasteiger partial charge in [-0.2, -0.15) is 5.10 Å². The summed E-state index contributed by atoms with van der Waals surface area (Å²) in [7, 11) is 0. The van der Waals surface area contributed by atoms with Gasteiger partial charge in [-0.05, 0) is 49.7 Å². The van der Waals surface area contributed by atoms with Gasteiger partial charge in [0.05, 0.1) is 21.0 Å². The normalized spacial score (nSPS) is 15.5. The molecule has 144 valence electrons. The van der Waals surface area contributed by atoms with Gasteiger partial charge in [0.2, 0.25) is 0 Å². The Hall–Kier alpha value is -1.38. The summed E-state index contributed by atoms with van der Waals surface area (Å²) in [6, 6.07) is 5.22. The molecule has 0 atom stereocenters. The first-order chi connectivity index (χ1) is 12.9. The summed E-state index contributed by atoms with van der Waals surface area (Å²) in [6.07, 6.45) is 2.66. The molecule has 5 nitrogen and oxygen atoms in total. The van der Waals surface area contributed by atoms with Crippen LogP contribution in [0.1, 0.15) is 19.8 Å². The Morgan fingerprint density at radius 3 is 2.67 bits per heavy atom. The zero-order chi connectivity index (χ0) is 19.6. The van der Waals surface area contributed by atoms with Gasteiger partial charge in [-0.25, -0.2) is 5.01 Å². The fourth-order valence-electron chi connectivity index (χ4n) is 2.86. The minimum absolute atomic E-state index is 0.0865. The standard InChI is InChI=1S/C18H19Cl2N3O2S2/c1-2-21-23(18(26)22-7-5-12(24)6-8-22)15-10-27-17(16(15)25)11-3-4-13(19)14(20)9-11/h2-4,9-10,12,24-25H,5-8H2,1H3. The van der Waals surface area contributed by atoms with Crippen molar-refractivity contribution in [3.63, 3.8) is 0 Å². The SMILES string of the molecule is CC=NN(C(=S)N1CCC(O)CC1)c1csc(-c2ccc(Cl)c(Cl)c2)c1O. The van der Waals surface area contributed by atoms with Gasteiger partial charge in [-0.3, -0.25) is 0 Å². The Labute approximate surface area is 177 Å². The van der Waals surface area contributed by atoms with Crippen molar-refractivity contribution in [2.75, 3.05) is 18.1 Å². The topological polar surface area (TPSA) is 59.3 Å². The lowest BCUT2D eigenvalue weighted by molar-refractivity contribution is 0.109. The van der Waals surface area contributed by atoms with Crippen LogP contribution in [-0.2, 0) is 0 Å². The largest absolute Gasteiger partial charge is 0.504 e. The molecule has 1 aliphatic heterocycles. The van der Waals surface area contributed by atoms with Crippen LogP contribution in [0.15, 0.2) is 28.7 Å². The minimum Gasteiger partial charge on any atom is -0.504 e. The van der Waals surface area contributed by atoms with Gasteiger partial charge < -0.3 is 15.1 Å². The predicted molar refractivity (Wildman–Crippen MR) is 117 cm³/mol. The number of anilines is 1. The fraction of sp³-hybridized carbons (Fsp3) is 0.333. The highest BCUT2D eigenvalue weighted by molar-refractivity contribution is 7.80. The Kier molecular flexibility index (Phi) is 6.60. The van der Waals surface area contributed by atoms with Crippen LogP contribution < -0.4 is 5.01 Å². The van der Waals surface area contributed by atoms with Gasteiger partial charge in [0.1, 0.15) is 5.69 Å². The molecule has 1 aromatic heterocycles. The second kappa shape index (κ2) is 8.75. The molecule has 0 aliphatic carbocycles. The van der Waals surface area contributed by atoms with Crippen molar-refractivity contribution in [1.29, 1.82) is 0 Å². The fourth-order valence-corrected chi connectivity index (χ4v) is 4.40. The number of halogens is 2. The minimum atomic E-state index is -0.289. The number of thiocarbonyl (C=S) groups is 1. The summed E-state index contributed by atoms with van der Waals surface area (Å²) < 4.78 is 0. The molecule has 0 spiro atoms. The number of aromatic hydroxyl groups is 1. The van der Waals surface area contributed by atoms with Crippen molar-refractivity contribution in [3.8, 4) is 16.2 Å². The van der Waals surface area contributed by atoms with Crippen molar-refractivity contribution in [3.05, 3.63) is 33.6 Å². The first-order valence-corrected chi connectivity index (χ1v) is 10.5. The molecule has 0 amide bonds. The smallest absolute Gasteiger partial charge is 0.197 e. The maximum Gasteiger partial charge on any atom is 0.197 e. The van der Waals surface area contributed by atoms with E-state index in [1.807, 2.05) is 10.3 Å². The van der Waals surface area contributed by atoms with E-state index in [1.54, 1.807) is 36.3 Å². The lowest BCUT2D eigenvalue weighted by atomic mass is 10.1. The van der Waals surface area contributed by atoms with E-state index in [0.717, 1.165) is 5.56 Å². The highest BCUT2D eigenvalue weighted by Crippen LogP contribution is 2.45. The molecule has 9 heteroatoms. The van der Waals surface area contributed by atoms with Crippen LogP contribution in [0.4, 0.5) is 5.69 Å². The molecule has 1 aliphatic rings. The first-order valence-electron chi connectivity index (χ1n) is 8.44. The molecule has 0 radical (unpaired) electrons. The average molecular weight is 444 g/mol. The van der Waals surface area contributed by atoms with Crippen LogP contribution in [0.25, 0.3) is 10.4 Å². The first kappa shape index (κ1) is 20.4. The van der Waals surface area contributed by atoms with Crippen molar-refractivity contribution in [2.24, 2.45) is 5.10 Å². The number of aliphatic hydroxyl groups is 1.